The van der Waals surface area contributed by atoms with Crippen LogP contribution >= 0.6 is 0 Å². The lowest BCUT2D eigenvalue weighted by Gasteiger charge is -2.45. The molecule has 7 heteroatoms. The van der Waals surface area contributed by atoms with Crippen molar-refractivity contribution < 1.29 is 14.7 Å². The minimum atomic E-state index is -0.943. The van der Waals surface area contributed by atoms with Gasteiger partial charge in [0.05, 0.1) is 31.7 Å². The normalized spacial score (nSPS) is 24.8. The van der Waals surface area contributed by atoms with E-state index >= 15 is 0 Å². The SMILES string of the molecule is CCN(C(=O)O)C1C[C@H](C)[N@+](C)(C(C)=O)c2ccc(-c3ccn[nH]3)cc21. The van der Waals surface area contributed by atoms with E-state index in [4.69, 9.17) is 0 Å². The molecule has 0 spiro atoms. The molecule has 2 aromatic rings. The number of carboxylic acid groups (broad SMARTS) is 1. The molecule has 0 fully saturated rings. The highest BCUT2D eigenvalue weighted by atomic mass is 16.4. The fourth-order valence-corrected chi connectivity index (χ4v) is 3.99. The number of hydrogen-bond donors (Lipinski definition) is 2. The number of aromatic amines is 1. The first-order valence-electron chi connectivity index (χ1n) is 8.81. The Hall–Kier alpha value is -2.67. The number of benzene rings is 1. The molecule has 1 aromatic carbocycles. The molecule has 0 saturated heterocycles. The number of amides is 2. The van der Waals surface area contributed by atoms with E-state index in [0.717, 1.165) is 22.5 Å². The molecule has 2 amide bonds. The summed E-state index contributed by atoms with van der Waals surface area (Å²) in [7, 11) is 1.91. The smallest absolute Gasteiger partial charge is 0.407 e. The molecule has 0 saturated carbocycles. The van der Waals surface area contributed by atoms with Crippen LogP contribution in [0.3, 0.4) is 0 Å². The molecule has 1 aliphatic heterocycles. The van der Waals surface area contributed by atoms with Gasteiger partial charge in [0.1, 0.15) is 5.69 Å². The van der Waals surface area contributed by atoms with Crippen LogP contribution in [0.1, 0.15) is 38.8 Å². The molecule has 7 nitrogen and oxygen atoms in total. The van der Waals surface area contributed by atoms with E-state index in [1.165, 1.54) is 4.90 Å². The third-order valence-electron chi connectivity index (χ3n) is 5.76. The van der Waals surface area contributed by atoms with E-state index in [1.807, 2.05) is 45.2 Å². The lowest BCUT2D eigenvalue weighted by molar-refractivity contribution is -0.129. The van der Waals surface area contributed by atoms with Crippen molar-refractivity contribution in [2.75, 3.05) is 13.6 Å². The summed E-state index contributed by atoms with van der Waals surface area (Å²) in [6, 6.07) is 7.47. The molecular weight excluding hydrogens is 332 g/mol. The van der Waals surface area contributed by atoms with Gasteiger partial charge in [-0.1, -0.05) is 0 Å². The summed E-state index contributed by atoms with van der Waals surface area (Å²) in [5.74, 6) is 0.0462. The minimum absolute atomic E-state index is 0.0172. The number of H-pyrrole nitrogens is 1. The van der Waals surface area contributed by atoms with E-state index in [-0.39, 0.29) is 22.5 Å². The first-order valence-corrected chi connectivity index (χ1v) is 8.81. The van der Waals surface area contributed by atoms with Crippen LogP contribution in [0, 0.1) is 0 Å². The van der Waals surface area contributed by atoms with Crippen LogP contribution < -0.4 is 4.48 Å². The Labute approximate surface area is 152 Å². The van der Waals surface area contributed by atoms with Crippen molar-refractivity contribution in [2.24, 2.45) is 0 Å². The number of aromatic nitrogens is 2. The Morgan fingerprint density at radius 2 is 2.12 bits per heavy atom. The second-order valence-electron chi connectivity index (χ2n) is 7.01. The summed E-state index contributed by atoms with van der Waals surface area (Å²) < 4.78 is 0.173. The fraction of sp³-hybridized carbons (Fsp3) is 0.421. The lowest BCUT2D eigenvalue weighted by Crippen LogP contribution is -2.60. The van der Waals surface area contributed by atoms with Crippen molar-refractivity contribution in [3.05, 3.63) is 36.0 Å². The molecule has 1 unspecified atom stereocenters. The van der Waals surface area contributed by atoms with Gasteiger partial charge in [0.15, 0.2) is 0 Å². The van der Waals surface area contributed by atoms with Crippen molar-refractivity contribution in [3.8, 4) is 11.3 Å². The van der Waals surface area contributed by atoms with E-state index in [0.29, 0.717) is 13.0 Å². The van der Waals surface area contributed by atoms with Crippen LogP contribution in [0.15, 0.2) is 30.5 Å². The van der Waals surface area contributed by atoms with Crippen LogP contribution in [0.25, 0.3) is 11.3 Å². The largest absolute Gasteiger partial charge is 0.465 e. The van der Waals surface area contributed by atoms with E-state index in [1.54, 1.807) is 13.1 Å². The van der Waals surface area contributed by atoms with Crippen molar-refractivity contribution in [1.29, 1.82) is 0 Å². The van der Waals surface area contributed by atoms with Gasteiger partial charge in [-0.3, -0.25) is 5.10 Å². The Morgan fingerprint density at radius 3 is 2.65 bits per heavy atom. The third-order valence-corrected chi connectivity index (χ3v) is 5.76. The number of carbonyl (C=O) groups is 2. The number of rotatable bonds is 3. The molecule has 1 aromatic heterocycles. The maximum atomic E-state index is 12.5. The molecule has 3 atom stereocenters. The average Bonchev–Trinajstić information content (AvgIpc) is 3.13. The monoisotopic (exact) mass is 357 g/mol. The highest BCUT2D eigenvalue weighted by Gasteiger charge is 2.47. The van der Waals surface area contributed by atoms with E-state index in [2.05, 4.69) is 10.2 Å². The zero-order valence-corrected chi connectivity index (χ0v) is 15.6. The summed E-state index contributed by atoms with van der Waals surface area (Å²) in [5.41, 5.74) is 3.54. The molecule has 0 bridgehead atoms. The number of hydrogen-bond acceptors (Lipinski definition) is 3. The summed E-state index contributed by atoms with van der Waals surface area (Å²) in [6.45, 7) is 5.84. The van der Waals surface area contributed by atoms with Gasteiger partial charge in [0, 0.05) is 36.4 Å². The summed E-state index contributed by atoms with van der Waals surface area (Å²) >= 11 is 0. The number of carbonyl (C=O) groups excluding carboxylic acids is 1. The van der Waals surface area contributed by atoms with Crippen LogP contribution in [0.4, 0.5) is 10.5 Å². The Balaban J connectivity index is 2.22. The predicted molar refractivity (Wildman–Crippen MR) is 99.6 cm³/mol. The second kappa shape index (κ2) is 6.57. The van der Waals surface area contributed by atoms with Gasteiger partial charge in [-0.05, 0) is 32.0 Å². The zero-order valence-electron chi connectivity index (χ0n) is 15.6. The minimum Gasteiger partial charge on any atom is -0.465 e. The van der Waals surface area contributed by atoms with Crippen LogP contribution in [-0.2, 0) is 4.79 Å². The molecule has 3 rings (SSSR count). The van der Waals surface area contributed by atoms with Crippen LogP contribution in [0.5, 0.6) is 0 Å². The van der Waals surface area contributed by atoms with Gasteiger partial charge < -0.3 is 10.0 Å². The van der Waals surface area contributed by atoms with Gasteiger partial charge in [-0.25, -0.2) is 14.1 Å². The molecule has 0 aliphatic carbocycles. The van der Waals surface area contributed by atoms with E-state index in [9.17, 15) is 14.7 Å². The lowest BCUT2D eigenvalue weighted by atomic mass is 9.87. The predicted octanol–water partition coefficient (Wildman–Crippen LogP) is 3.39. The highest BCUT2D eigenvalue weighted by molar-refractivity contribution is 5.89. The van der Waals surface area contributed by atoms with Crippen molar-refractivity contribution in [1.82, 2.24) is 19.6 Å². The topological polar surface area (TPSA) is 86.3 Å². The number of nitrogens with zero attached hydrogens (tertiary/aromatic N) is 3. The van der Waals surface area contributed by atoms with Crippen molar-refractivity contribution >= 4 is 17.7 Å². The van der Waals surface area contributed by atoms with E-state index < -0.39 is 6.09 Å². The number of fused-ring (bicyclic) bond motifs is 1. The second-order valence-corrected chi connectivity index (χ2v) is 7.01. The molecule has 0 radical (unpaired) electrons. The first kappa shape index (κ1) is 18.1. The number of quaternary nitrogens is 1. The van der Waals surface area contributed by atoms with Crippen LogP contribution in [-0.4, -0.2) is 51.8 Å². The summed E-state index contributed by atoms with van der Waals surface area (Å²) in [6.07, 6.45) is 1.33. The molecule has 2 N–H and O–H groups in total. The molecule has 1 aliphatic rings. The van der Waals surface area contributed by atoms with Crippen LogP contribution in [0.2, 0.25) is 0 Å². The van der Waals surface area contributed by atoms with Gasteiger partial charge in [0.2, 0.25) is 0 Å². The number of nitrogens with one attached hydrogen (secondary N) is 1. The molecular formula is C19H25N4O3+. The van der Waals surface area contributed by atoms with Gasteiger partial charge >= 0.3 is 12.0 Å². The Morgan fingerprint density at radius 1 is 1.38 bits per heavy atom. The first-order chi connectivity index (χ1) is 12.3. The molecule has 26 heavy (non-hydrogen) atoms. The standard InChI is InChI=1S/C19H24N4O3/c1-5-22(19(25)26)17-10-12(2)23(4,13(3)24)18-7-6-14(11-15(17)18)16-8-9-20-21-16/h6-9,11-12,17H,5,10H2,1-4H3,(H-,20,21,25,26)/p+1/t12-,17?,23+/m0/s1. The third kappa shape index (κ3) is 2.68. The van der Waals surface area contributed by atoms with Gasteiger partial charge in [0.25, 0.3) is 0 Å². The molecule has 2 heterocycles. The fourth-order valence-electron chi connectivity index (χ4n) is 3.99. The maximum absolute atomic E-state index is 12.5. The van der Waals surface area contributed by atoms with Gasteiger partial charge in [-0.2, -0.15) is 5.10 Å². The Bertz CT molecular complexity index is 833. The average molecular weight is 357 g/mol. The Kier molecular flexibility index (Phi) is 4.58. The quantitative estimate of drug-likeness (QED) is 0.825. The zero-order chi connectivity index (χ0) is 19.1. The molecule has 138 valence electrons. The summed E-state index contributed by atoms with van der Waals surface area (Å²) in [4.78, 5) is 25.8. The van der Waals surface area contributed by atoms with Crippen molar-refractivity contribution in [3.63, 3.8) is 0 Å². The van der Waals surface area contributed by atoms with Crippen molar-refractivity contribution in [2.45, 2.75) is 39.3 Å². The maximum Gasteiger partial charge on any atom is 0.407 e. The van der Waals surface area contributed by atoms with Gasteiger partial charge in [-0.15, -0.1) is 0 Å². The summed E-state index contributed by atoms with van der Waals surface area (Å²) in [5, 5.41) is 16.6. The highest BCUT2D eigenvalue weighted by Crippen LogP contribution is 2.45.